The third kappa shape index (κ3) is 3.82. The summed E-state index contributed by atoms with van der Waals surface area (Å²) in [6.07, 6.45) is 3.85. The van der Waals surface area contributed by atoms with Crippen LogP contribution in [0.15, 0.2) is 56.6 Å². The van der Waals surface area contributed by atoms with Crippen molar-refractivity contribution in [2.75, 3.05) is 10.0 Å². The second-order valence-electron chi connectivity index (χ2n) is 6.94. The molecule has 0 atom stereocenters. The maximum absolute atomic E-state index is 13.5. The lowest BCUT2D eigenvalue weighted by Crippen LogP contribution is -2.23. The Morgan fingerprint density at radius 3 is 2.41 bits per heavy atom. The maximum Gasteiger partial charge on any atom is 0.363 e. The molecule has 29 heavy (non-hydrogen) atoms. The Hall–Kier alpha value is -2.94. The summed E-state index contributed by atoms with van der Waals surface area (Å²) in [5.41, 5.74) is -0.542. The molecule has 152 valence electrons. The molecule has 0 spiro atoms. The molecule has 9 heteroatoms. The highest BCUT2D eigenvalue weighted by Gasteiger charge is 2.25. The van der Waals surface area contributed by atoms with Crippen LogP contribution >= 0.6 is 0 Å². The van der Waals surface area contributed by atoms with E-state index in [9.17, 15) is 22.0 Å². The average molecular weight is 420 g/mol. The number of anilines is 2. The number of sulfonamides is 1. The van der Waals surface area contributed by atoms with Gasteiger partial charge in [-0.3, -0.25) is 4.72 Å². The largest absolute Gasteiger partial charge is 0.421 e. The monoisotopic (exact) mass is 420 g/mol. The molecule has 2 N–H and O–H groups in total. The summed E-state index contributed by atoms with van der Waals surface area (Å²) >= 11 is 0. The van der Waals surface area contributed by atoms with Crippen LogP contribution in [0.4, 0.5) is 20.2 Å². The topological polar surface area (TPSA) is 88.4 Å². The van der Waals surface area contributed by atoms with Crippen LogP contribution in [0.25, 0.3) is 11.0 Å². The normalized spacial score (nSPS) is 15.0. The van der Waals surface area contributed by atoms with Gasteiger partial charge < -0.3 is 9.73 Å². The van der Waals surface area contributed by atoms with Gasteiger partial charge >= 0.3 is 5.63 Å². The number of benzene rings is 2. The molecule has 6 nitrogen and oxygen atoms in total. The highest BCUT2D eigenvalue weighted by atomic mass is 32.2. The van der Waals surface area contributed by atoms with Crippen molar-refractivity contribution in [1.82, 2.24) is 0 Å². The molecule has 3 aromatic rings. The highest BCUT2D eigenvalue weighted by Crippen LogP contribution is 2.33. The van der Waals surface area contributed by atoms with Crippen molar-refractivity contribution >= 4 is 32.4 Å². The smallest absolute Gasteiger partial charge is 0.363 e. The quantitative estimate of drug-likeness (QED) is 0.603. The van der Waals surface area contributed by atoms with E-state index in [1.807, 2.05) is 0 Å². The molecule has 0 aliphatic heterocycles. The third-order valence-electron chi connectivity index (χ3n) is 4.95. The fourth-order valence-electron chi connectivity index (χ4n) is 3.50. The summed E-state index contributed by atoms with van der Waals surface area (Å²) in [6.45, 7) is 0. The van der Waals surface area contributed by atoms with E-state index < -0.39 is 32.2 Å². The Morgan fingerprint density at radius 2 is 1.69 bits per heavy atom. The van der Waals surface area contributed by atoms with Crippen molar-refractivity contribution in [2.45, 2.75) is 36.6 Å². The number of halogens is 2. The lowest BCUT2D eigenvalue weighted by molar-refractivity contribution is 0.504. The van der Waals surface area contributed by atoms with Gasteiger partial charge in [0.25, 0.3) is 10.0 Å². The predicted octanol–water partition coefficient (Wildman–Crippen LogP) is 4.23. The van der Waals surface area contributed by atoms with Crippen LogP contribution in [0.5, 0.6) is 0 Å². The molecule has 1 aliphatic carbocycles. The van der Waals surface area contributed by atoms with Gasteiger partial charge in [0, 0.05) is 11.4 Å². The zero-order valence-electron chi connectivity index (χ0n) is 15.2. The van der Waals surface area contributed by atoms with Crippen LogP contribution < -0.4 is 15.7 Å². The van der Waals surface area contributed by atoms with Gasteiger partial charge in [0.15, 0.2) is 17.3 Å². The predicted molar refractivity (Wildman–Crippen MR) is 106 cm³/mol. The minimum absolute atomic E-state index is 0.0896. The second-order valence-corrected chi connectivity index (χ2v) is 8.63. The maximum atomic E-state index is 13.5. The molecular formula is C20H18F2N2O4S. The summed E-state index contributed by atoms with van der Waals surface area (Å²) in [7, 11) is -4.36. The summed E-state index contributed by atoms with van der Waals surface area (Å²) in [5.74, 6) is -2.47. The Labute approximate surface area is 165 Å². The summed E-state index contributed by atoms with van der Waals surface area (Å²) in [4.78, 5) is 12.1. The van der Waals surface area contributed by atoms with Gasteiger partial charge in [-0.15, -0.1) is 0 Å². The van der Waals surface area contributed by atoms with Gasteiger partial charge in [-0.1, -0.05) is 25.0 Å². The van der Waals surface area contributed by atoms with E-state index in [2.05, 4.69) is 10.0 Å². The average Bonchev–Trinajstić information content (AvgIpc) is 3.20. The number of para-hydroxylation sites is 1. The molecule has 1 fully saturated rings. The van der Waals surface area contributed by atoms with Crippen LogP contribution in [0.2, 0.25) is 0 Å². The highest BCUT2D eigenvalue weighted by molar-refractivity contribution is 7.92. The molecule has 0 radical (unpaired) electrons. The van der Waals surface area contributed by atoms with Crippen LogP contribution in [0.3, 0.4) is 0 Å². The third-order valence-corrected chi connectivity index (χ3v) is 6.30. The number of nitrogens with one attached hydrogen (secondary N) is 2. The minimum Gasteiger partial charge on any atom is -0.421 e. The van der Waals surface area contributed by atoms with Crippen molar-refractivity contribution in [3.05, 3.63) is 64.5 Å². The molecule has 0 amide bonds. The van der Waals surface area contributed by atoms with Crippen molar-refractivity contribution in [2.24, 2.45) is 0 Å². The Kier molecular flexibility index (Phi) is 4.99. The van der Waals surface area contributed by atoms with E-state index in [4.69, 9.17) is 4.42 Å². The van der Waals surface area contributed by atoms with Crippen LogP contribution in [0, 0.1) is 11.6 Å². The van der Waals surface area contributed by atoms with Gasteiger partial charge in [-0.2, -0.15) is 0 Å². The Bertz CT molecular complexity index is 1230. The van der Waals surface area contributed by atoms with E-state index in [1.165, 1.54) is 0 Å². The molecule has 1 aliphatic rings. The Morgan fingerprint density at radius 1 is 0.966 bits per heavy atom. The molecule has 2 aromatic carbocycles. The lowest BCUT2D eigenvalue weighted by Gasteiger charge is -2.19. The first-order valence-corrected chi connectivity index (χ1v) is 10.6. The second kappa shape index (κ2) is 7.47. The zero-order valence-corrected chi connectivity index (χ0v) is 16.1. The number of rotatable bonds is 5. The number of hydrogen-bond donors (Lipinski definition) is 2. The summed E-state index contributed by atoms with van der Waals surface area (Å²) < 4.78 is 59.6. The molecule has 1 heterocycles. The van der Waals surface area contributed by atoms with Crippen molar-refractivity contribution in [1.29, 1.82) is 0 Å². The van der Waals surface area contributed by atoms with Gasteiger partial charge in [0.05, 0.1) is 10.6 Å². The van der Waals surface area contributed by atoms with E-state index in [0.717, 1.165) is 31.7 Å². The molecular weight excluding hydrogens is 402 g/mol. The first kappa shape index (κ1) is 19.4. The van der Waals surface area contributed by atoms with E-state index in [1.54, 1.807) is 24.3 Å². The van der Waals surface area contributed by atoms with Crippen molar-refractivity contribution < 1.29 is 21.6 Å². The van der Waals surface area contributed by atoms with Gasteiger partial charge in [0.1, 0.15) is 5.58 Å². The fourth-order valence-corrected chi connectivity index (χ4v) is 4.58. The first-order chi connectivity index (χ1) is 13.8. The number of fused-ring (bicyclic) bond motifs is 1. The zero-order chi connectivity index (χ0) is 20.6. The van der Waals surface area contributed by atoms with E-state index in [-0.39, 0.29) is 11.7 Å². The first-order valence-electron chi connectivity index (χ1n) is 9.15. The molecule has 0 saturated heterocycles. The van der Waals surface area contributed by atoms with Gasteiger partial charge in [-0.05, 0) is 43.2 Å². The molecule has 0 bridgehead atoms. The van der Waals surface area contributed by atoms with Crippen molar-refractivity contribution in [3.63, 3.8) is 0 Å². The van der Waals surface area contributed by atoms with Crippen LogP contribution in [0.1, 0.15) is 25.7 Å². The summed E-state index contributed by atoms with van der Waals surface area (Å²) in [6, 6.07) is 9.06. The van der Waals surface area contributed by atoms with E-state index in [0.29, 0.717) is 28.8 Å². The minimum atomic E-state index is -4.36. The Balaban J connectivity index is 1.82. The summed E-state index contributed by atoms with van der Waals surface area (Å²) in [5, 5.41) is 3.81. The lowest BCUT2D eigenvalue weighted by atomic mass is 10.1. The van der Waals surface area contributed by atoms with Crippen molar-refractivity contribution in [3.8, 4) is 0 Å². The van der Waals surface area contributed by atoms with E-state index >= 15 is 0 Å². The van der Waals surface area contributed by atoms with Gasteiger partial charge in [0.2, 0.25) is 0 Å². The molecule has 1 aromatic heterocycles. The van der Waals surface area contributed by atoms with Crippen LogP contribution in [-0.2, 0) is 10.0 Å². The molecule has 4 rings (SSSR count). The molecule has 1 saturated carbocycles. The van der Waals surface area contributed by atoms with Crippen LogP contribution in [-0.4, -0.2) is 14.5 Å². The standard InChI is InChI=1S/C20H18F2N2O4S/c21-15-10-9-13(11-16(15)22)29(26,27)24-19-18(23-12-5-1-2-6-12)14-7-3-4-8-17(14)28-20(19)25/h3-4,7-12,23-24H,1-2,5-6H2. The van der Waals surface area contributed by atoms with Gasteiger partial charge in [-0.25, -0.2) is 22.0 Å². The molecule has 0 unspecified atom stereocenters. The fraction of sp³-hybridized carbons (Fsp3) is 0.250. The SMILES string of the molecule is O=c1oc2ccccc2c(NC2CCCC2)c1NS(=O)(=O)c1ccc(F)c(F)c1. The number of hydrogen-bond acceptors (Lipinski definition) is 5.